The second-order valence-electron chi connectivity index (χ2n) is 8.89. The molecule has 1 aliphatic carbocycles. The quantitative estimate of drug-likeness (QED) is 0.375. The number of aryl methyl sites for hydroxylation is 2. The topological polar surface area (TPSA) is 40.8 Å². The summed E-state index contributed by atoms with van der Waals surface area (Å²) < 4.78 is 14.5. The highest BCUT2D eigenvalue weighted by atomic mass is 32.1. The number of hydrogen-bond donors (Lipinski definition) is 0. The van der Waals surface area contributed by atoms with E-state index in [0.29, 0.717) is 13.2 Å². The van der Waals surface area contributed by atoms with Gasteiger partial charge in [0.1, 0.15) is 0 Å². The molecule has 1 aromatic carbocycles. The number of likely N-dealkylation sites (N-methyl/N-ethyl adjacent to an activating group) is 1. The molecule has 0 N–H and O–H groups in total. The molecule has 7 heteroatoms. The fourth-order valence-corrected chi connectivity index (χ4v) is 5.68. The van der Waals surface area contributed by atoms with Crippen LogP contribution in [0.4, 0.5) is 5.69 Å². The van der Waals surface area contributed by atoms with E-state index in [2.05, 4.69) is 59.5 Å². The predicted molar refractivity (Wildman–Crippen MR) is 139 cm³/mol. The van der Waals surface area contributed by atoms with E-state index in [1.807, 2.05) is 11.3 Å². The minimum Gasteiger partial charge on any atom is -0.383 e. The summed E-state index contributed by atoms with van der Waals surface area (Å²) in [6.07, 6.45) is 0.955. The van der Waals surface area contributed by atoms with Gasteiger partial charge in [0.25, 0.3) is 0 Å². The van der Waals surface area contributed by atoms with Crippen molar-refractivity contribution < 1.29 is 9.47 Å². The maximum atomic E-state index is 5.37. The van der Waals surface area contributed by atoms with Gasteiger partial charge in [-0.05, 0) is 43.7 Å². The van der Waals surface area contributed by atoms with Crippen LogP contribution in [-0.4, -0.2) is 83.6 Å². The van der Waals surface area contributed by atoms with Gasteiger partial charge in [-0.15, -0.1) is 11.3 Å². The summed E-state index contributed by atoms with van der Waals surface area (Å²) in [5.74, 6) is 0. The van der Waals surface area contributed by atoms with Crippen molar-refractivity contribution in [2.45, 2.75) is 20.3 Å². The first-order chi connectivity index (χ1) is 16.0. The Bertz CT molecular complexity index is 1130. The van der Waals surface area contributed by atoms with E-state index in [1.54, 1.807) is 14.2 Å². The molecule has 0 atom stereocenters. The van der Waals surface area contributed by atoms with Crippen molar-refractivity contribution in [2.24, 2.45) is 0 Å². The van der Waals surface area contributed by atoms with Gasteiger partial charge in [-0.2, -0.15) is 0 Å². The summed E-state index contributed by atoms with van der Waals surface area (Å²) in [6.45, 7) is 11.8. The summed E-state index contributed by atoms with van der Waals surface area (Å²) in [5.41, 5.74) is 6.03. The normalized spacial score (nSPS) is 15.0. The number of hydrogen-bond acceptors (Lipinski definition) is 6. The minimum absolute atomic E-state index is 0.691. The Morgan fingerprint density at radius 1 is 1.06 bits per heavy atom. The van der Waals surface area contributed by atoms with Crippen molar-refractivity contribution in [1.29, 1.82) is 0 Å². The Kier molecular flexibility index (Phi) is 7.96. The average molecular weight is 470 g/mol. The number of nitrogens with zero attached hydrogens (tertiary/aromatic N) is 4. The molecule has 0 saturated carbocycles. The second-order valence-corrected chi connectivity index (χ2v) is 9.98. The molecule has 0 unspecified atom stereocenters. The molecule has 0 spiro atoms. The van der Waals surface area contributed by atoms with E-state index in [4.69, 9.17) is 14.5 Å². The van der Waals surface area contributed by atoms with Crippen LogP contribution in [0.3, 0.4) is 0 Å². The molecular formula is C26H37N4O2S+. The number of benzene rings is 2. The highest BCUT2D eigenvalue weighted by molar-refractivity contribution is 7.21. The third-order valence-corrected chi connectivity index (χ3v) is 7.64. The summed E-state index contributed by atoms with van der Waals surface area (Å²) in [7, 11) is 5.71. The fourth-order valence-electron chi connectivity index (χ4n) is 4.51. The summed E-state index contributed by atoms with van der Waals surface area (Å²) in [5, 5.41) is 1.32. The largest absolute Gasteiger partial charge is 0.383 e. The van der Waals surface area contributed by atoms with Crippen LogP contribution in [0.1, 0.15) is 18.1 Å². The van der Waals surface area contributed by atoms with Gasteiger partial charge in [0.15, 0.2) is 13.1 Å². The summed E-state index contributed by atoms with van der Waals surface area (Å²) in [6, 6.07) is 9.26. The standard InChI is InChI=1S/C26H37N4O2S/c1-6-20-16-22(30(11-13-31-4)12-14-32-5)18-24-26(20)27-25-19(2)15-21(17-23(25)33-24)29-9-7-28(3)8-10-29/h15-18H,6-14H2,1-5H3/q+1. The van der Waals surface area contributed by atoms with E-state index < -0.39 is 0 Å². The van der Waals surface area contributed by atoms with Crippen LogP contribution in [0.15, 0.2) is 24.3 Å². The number of fused-ring (bicyclic) bond motifs is 2. The number of aromatic nitrogens is 1. The molecule has 0 radical (unpaired) electrons. The monoisotopic (exact) mass is 469 g/mol. The zero-order chi connectivity index (χ0) is 23.4. The lowest BCUT2D eigenvalue weighted by Crippen LogP contribution is -2.46. The van der Waals surface area contributed by atoms with Gasteiger partial charge in [0.05, 0.1) is 47.1 Å². The lowest BCUT2D eigenvalue weighted by molar-refractivity contribution is 0.190. The van der Waals surface area contributed by atoms with Gasteiger partial charge in [0, 0.05) is 45.1 Å². The Morgan fingerprint density at radius 2 is 1.76 bits per heavy atom. The van der Waals surface area contributed by atoms with Crippen LogP contribution in [0.2, 0.25) is 0 Å². The lowest BCUT2D eigenvalue weighted by atomic mass is 10.1. The molecule has 0 bridgehead atoms. The average Bonchev–Trinajstić information content (AvgIpc) is 2.82. The van der Waals surface area contributed by atoms with Crippen LogP contribution < -0.4 is 14.8 Å². The Balaban J connectivity index is 1.84. The predicted octanol–water partition coefficient (Wildman–Crippen LogP) is 3.09. The molecule has 4 rings (SSSR count). The number of methoxy groups -OCH3 is 2. The molecule has 0 aromatic heterocycles. The number of anilines is 1. The molecule has 1 fully saturated rings. The van der Waals surface area contributed by atoms with Gasteiger partial charge >= 0.3 is 0 Å². The van der Waals surface area contributed by atoms with Crippen LogP contribution in [0.5, 0.6) is 0 Å². The maximum absolute atomic E-state index is 5.37. The molecule has 2 aliphatic heterocycles. The third kappa shape index (κ3) is 5.38. The Labute approximate surface area is 201 Å². The van der Waals surface area contributed by atoms with Gasteiger partial charge in [0.2, 0.25) is 5.36 Å². The van der Waals surface area contributed by atoms with E-state index in [-0.39, 0.29) is 0 Å². The van der Waals surface area contributed by atoms with Gasteiger partial charge < -0.3 is 14.4 Å². The van der Waals surface area contributed by atoms with Crippen LogP contribution in [0.25, 0.3) is 20.8 Å². The molecule has 1 saturated heterocycles. The van der Waals surface area contributed by atoms with Crippen molar-refractivity contribution in [3.63, 3.8) is 0 Å². The zero-order valence-corrected chi connectivity index (χ0v) is 21.5. The Hall–Kier alpha value is -2.06. The van der Waals surface area contributed by atoms with Crippen LogP contribution in [0, 0.1) is 6.92 Å². The van der Waals surface area contributed by atoms with E-state index in [9.17, 15) is 0 Å². The number of rotatable bonds is 8. The van der Waals surface area contributed by atoms with Gasteiger partial charge in [-0.25, -0.2) is 9.56 Å². The fraction of sp³-hybridized carbons (Fsp3) is 0.538. The van der Waals surface area contributed by atoms with Crippen molar-refractivity contribution in [2.75, 3.05) is 78.6 Å². The summed E-state index contributed by atoms with van der Waals surface area (Å²) in [4.78, 5) is 11.2. The van der Waals surface area contributed by atoms with E-state index in [1.165, 1.54) is 31.7 Å². The molecular weight excluding hydrogens is 432 g/mol. The first-order valence-corrected chi connectivity index (χ1v) is 12.7. The van der Waals surface area contributed by atoms with Crippen molar-refractivity contribution >= 4 is 27.2 Å². The molecule has 0 amide bonds. The summed E-state index contributed by atoms with van der Waals surface area (Å²) >= 11 is 1.86. The molecule has 33 heavy (non-hydrogen) atoms. The molecule has 3 aliphatic rings. The molecule has 178 valence electrons. The second kappa shape index (κ2) is 10.9. The molecule has 2 heterocycles. The van der Waals surface area contributed by atoms with Crippen LogP contribution in [-0.2, 0) is 15.9 Å². The minimum atomic E-state index is 0.691. The van der Waals surface area contributed by atoms with Crippen molar-refractivity contribution in [3.8, 4) is 10.6 Å². The Morgan fingerprint density at radius 3 is 2.39 bits per heavy atom. The van der Waals surface area contributed by atoms with Gasteiger partial charge in [-0.3, -0.25) is 4.90 Å². The first kappa shape index (κ1) is 24.1. The number of piperazine rings is 1. The van der Waals surface area contributed by atoms with E-state index >= 15 is 0 Å². The van der Waals surface area contributed by atoms with Gasteiger partial charge in [-0.1, -0.05) is 6.92 Å². The van der Waals surface area contributed by atoms with Crippen molar-refractivity contribution in [3.05, 3.63) is 40.7 Å². The molecule has 1 aromatic rings. The highest BCUT2D eigenvalue weighted by Crippen LogP contribution is 2.35. The smallest absolute Gasteiger partial charge is 0.201 e. The van der Waals surface area contributed by atoms with Crippen LogP contribution >= 0.6 is 11.3 Å². The van der Waals surface area contributed by atoms with E-state index in [0.717, 1.165) is 56.9 Å². The number of ether oxygens (including phenoxy) is 2. The van der Waals surface area contributed by atoms with Crippen molar-refractivity contribution in [1.82, 2.24) is 14.5 Å². The highest BCUT2D eigenvalue weighted by Gasteiger charge is 2.20. The SMILES string of the molecule is CCc1cc(N(CCOC)CCOC)cc2sc3cc(=[N+]4CCN(C)CC4)cc(C)c-3nc12. The maximum Gasteiger partial charge on any atom is 0.201 e. The third-order valence-electron chi connectivity index (χ3n) is 6.58. The molecule has 6 nitrogen and oxygen atoms in total. The first-order valence-electron chi connectivity index (χ1n) is 11.9. The zero-order valence-electron chi connectivity index (χ0n) is 20.7. The lowest BCUT2D eigenvalue weighted by Gasteiger charge is -2.25.